The van der Waals surface area contributed by atoms with Gasteiger partial charge in [-0.25, -0.2) is 4.39 Å². The van der Waals surface area contributed by atoms with Crippen molar-refractivity contribution in [1.29, 1.82) is 0 Å². The van der Waals surface area contributed by atoms with Gasteiger partial charge >= 0.3 is 0 Å². The molecule has 1 atom stereocenters. The molecule has 2 N–H and O–H groups in total. The summed E-state index contributed by atoms with van der Waals surface area (Å²) < 4.78 is 13.4. The molecule has 0 aromatic heterocycles. The molecule has 0 radical (unpaired) electrons. The number of carbonyl (C=O) groups is 1. The maximum Gasteiger partial charge on any atom is 0.241 e. The van der Waals surface area contributed by atoms with Crippen LogP contribution in [0.15, 0.2) is 29.3 Å². The molecule has 132 valence electrons. The summed E-state index contributed by atoms with van der Waals surface area (Å²) in [5.74, 6) is 0.376. The fourth-order valence-electron chi connectivity index (χ4n) is 2.71. The Labute approximate surface area is 142 Å². The van der Waals surface area contributed by atoms with E-state index in [9.17, 15) is 9.18 Å². The van der Waals surface area contributed by atoms with Crippen molar-refractivity contribution in [1.82, 2.24) is 15.5 Å². The molecule has 1 unspecified atom stereocenters. The molecule has 1 aromatic carbocycles. The van der Waals surface area contributed by atoms with E-state index in [1.165, 1.54) is 11.0 Å². The number of nitrogens with zero attached hydrogens (tertiary/aromatic N) is 3. The number of benzene rings is 1. The number of rotatable bonds is 4. The highest BCUT2D eigenvalue weighted by molar-refractivity contribution is 5.86. The van der Waals surface area contributed by atoms with Crippen LogP contribution in [0.4, 0.5) is 10.1 Å². The number of hydrogen-bond acceptors (Lipinski definition) is 3. The van der Waals surface area contributed by atoms with E-state index in [1.807, 2.05) is 6.07 Å². The summed E-state index contributed by atoms with van der Waals surface area (Å²) in [6.07, 6.45) is 2.02. The molecule has 6 nitrogen and oxygen atoms in total. The highest BCUT2D eigenvalue weighted by Crippen LogP contribution is 2.20. The molecule has 2 rings (SSSR count). The molecule has 0 aliphatic carbocycles. The highest BCUT2D eigenvalue weighted by Gasteiger charge is 2.21. The second-order valence-electron chi connectivity index (χ2n) is 6.12. The van der Waals surface area contributed by atoms with E-state index in [-0.39, 0.29) is 24.3 Å². The van der Waals surface area contributed by atoms with Crippen LogP contribution in [0, 0.1) is 5.82 Å². The fourth-order valence-corrected chi connectivity index (χ4v) is 2.71. The van der Waals surface area contributed by atoms with Crippen LogP contribution >= 0.6 is 0 Å². The van der Waals surface area contributed by atoms with Crippen molar-refractivity contribution >= 4 is 17.6 Å². The average Bonchev–Trinajstić information content (AvgIpc) is 2.58. The van der Waals surface area contributed by atoms with Crippen molar-refractivity contribution in [3.63, 3.8) is 0 Å². The summed E-state index contributed by atoms with van der Waals surface area (Å²) in [6, 6.07) is 6.87. The number of likely N-dealkylation sites (N-methyl/N-ethyl adjacent to an activating group) is 1. The van der Waals surface area contributed by atoms with E-state index in [4.69, 9.17) is 0 Å². The number of aliphatic imine (C=N–C) groups is 1. The van der Waals surface area contributed by atoms with Gasteiger partial charge in [0.15, 0.2) is 5.96 Å². The Hall–Kier alpha value is -2.31. The number of hydrogen-bond donors (Lipinski definition) is 2. The average molecular weight is 335 g/mol. The molecular weight excluding hydrogens is 309 g/mol. The normalized spacial score (nSPS) is 18.2. The van der Waals surface area contributed by atoms with Crippen molar-refractivity contribution < 1.29 is 9.18 Å². The van der Waals surface area contributed by atoms with Gasteiger partial charge in [0.05, 0.1) is 6.54 Å². The Morgan fingerprint density at radius 1 is 1.46 bits per heavy atom. The number of nitrogens with one attached hydrogen (secondary N) is 2. The number of guanidine groups is 1. The standard InChI is InChI=1S/C17H26FN5O/c1-19-17(20-11-16(24)22(2)3)21-14-7-5-9-23(12-14)15-8-4-6-13(18)10-15/h4,6,8,10,14H,5,7,9,11-12H2,1-3H3,(H2,19,20,21). The molecule has 0 spiro atoms. The van der Waals surface area contributed by atoms with Crippen molar-refractivity contribution in [2.24, 2.45) is 4.99 Å². The summed E-state index contributed by atoms with van der Waals surface area (Å²) >= 11 is 0. The topological polar surface area (TPSA) is 60.0 Å². The minimum Gasteiger partial charge on any atom is -0.369 e. The number of amides is 1. The first kappa shape index (κ1) is 18.0. The molecule has 1 saturated heterocycles. The molecule has 1 fully saturated rings. The molecule has 0 saturated carbocycles. The Morgan fingerprint density at radius 3 is 2.92 bits per heavy atom. The summed E-state index contributed by atoms with van der Waals surface area (Å²) in [7, 11) is 5.12. The first-order valence-corrected chi connectivity index (χ1v) is 8.17. The van der Waals surface area contributed by atoms with Gasteiger partial charge in [-0.15, -0.1) is 0 Å². The summed E-state index contributed by atoms with van der Waals surface area (Å²) in [5, 5.41) is 6.38. The molecular formula is C17H26FN5O. The first-order chi connectivity index (χ1) is 11.5. The third kappa shape index (κ3) is 5.11. The van der Waals surface area contributed by atoms with Crippen molar-refractivity contribution in [2.45, 2.75) is 18.9 Å². The second-order valence-corrected chi connectivity index (χ2v) is 6.12. The lowest BCUT2D eigenvalue weighted by Crippen LogP contribution is -2.52. The molecule has 1 aromatic rings. The summed E-state index contributed by atoms with van der Waals surface area (Å²) in [6.45, 7) is 1.88. The number of halogens is 1. The third-order valence-electron chi connectivity index (χ3n) is 4.07. The smallest absolute Gasteiger partial charge is 0.241 e. The largest absolute Gasteiger partial charge is 0.369 e. The van der Waals surface area contributed by atoms with Crippen LogP contribution in [0.3, 0.4) is 0 Å². The van der Waals surface area contributed by atoms with Gasteiger partial charge in [0.1, 0.15) is 5.82 Å². The minimum atomic E-state index is -0.220. The Bertz CT molecular complexity index is 590. The summed E-state index contributed by atoms with van der Waals surface area (Å²) in [4.78, 5) is 19.5. The Balaban J connectivity index is 1.90. The fraction of sp³-hybridized carbons (Fsp3) is 0.529. The van der Waals surface area contributed by atoms with Gasteiger partial charge in [-0.05, 0) is 31.0 Å². The van der Waals surface area contributed by atoms with Crippen molar-refractivity contribution in [3.05, 3.63) is 30.1 Å². The predicted molar refractivity (Wildman–Crippen MR) is 94.8 cm³/mol. The molecule has 24 heavy (non-hydrogen) atoms. The van der Waals surface area contributed by atoms with E-state index in [1.54, 1.807) is 33.3 Å². The van der Waals surface area contributed by atoms with E-state index >= 15 is 0 Å². The molecule has 1 amide bonds. The van der Waals surface area contributed by atoms with Crippen LogP contribution in [0.5, 0.6) is 0 Å². The van der Waals surface area contributed by atoms with Crippen molar-refractivity contribution in [2.75, 3.05) is 45.7 Å². The quantitative estimate of drug-likeness (QED) is 0.638. The van der Waals surface area contributed by atoms with Crippen LogP contribution in [-0.2, 0) is 4.79 Å². The lowest BCUT2D eigenvalue weighted by atomic mass is 10.0. The maximum atomic E-state index is 13.4. The zero-order chi connectivity index (χ0) is 17.5. The predicted octanol–water partition coefficient (Wildman–Crippen LogP) is 1.05. The molecule has 1 aliphatic rings. The summed E-state index contributed by atoms with van der Waals surface area (Å²) in [5.41, 5.74) is 0.896. The zero-order valence-electron chi connectivity index (χ0n) is 14.6. The number of anilines is 1. The van der Waals surface area contributed by atoms with Gasteiger partial charge in [-0.2, -0.15) is 0 Å². The van der Waals surface area contributed by atoms with E-state index < -0.39 is 0 Å². The van der Waals surface area contributed by atoms with Crippen LogP contribution < -0.4 is 15.5 Å². The Kier molecular flexibility index (Phi) is 6.40. The second kappa shape index (κ2) is 8.52. The van der Waals surface area contributed by atoms with Crippen LogP contribution in [-0.4, -0.2) is 63.6 Å². The van der Waals surface area contributed by atoms with E-state index in [2.05, 4.69) is 20.5 Å². The molecule has 7 heteroatoms. The van der Waals surface area contributed by atoms with E-state index in [0.717, 1.165) is 31.6 Å². The van der Waals surface area contributed by atoms with Gasteiger partial charge in [0.2, 0.25) is 5.91 Å². The molecule has 1 heterocycles. The van der Waals surface area contributed by atoms with Crippen LogP contribution in [0.2, 0.25) is 0 Å². The van der Waals surface area contributed by atoms with E-state index in [0.29, 0.717) is 5.96 Å². The minimum absolute atomic E-state index is 0.0111. The van der Waals surface area contributed by atoms with Crippen LogP contribution in [0.25, 0.3) is 0 Å². The zero-order valence-corrected chi connectivity index (χ0v) is 14.6. The monoisotopic (exact) mass is 335 g/mol. The number of piperidine rings is 1. The molecule has 0 bridgehead atoms. The van der Waals surface area contributed by atoms with Gasteiger partial charge in [-0.3, -0.25) is 9.79 Å². The number of carbonyl (C=O) groups excluding carboxylic acids is 1. The lowest BCUT2D eigenvalue weighted by Gasteiger charge is -2.35. The van der Waals surface area contributed by atoms with Crippen LogP contribution in [0.1, 0.15) is 12.8 Å². The van der Waals surface area contributed by atoms with Gasteiger partial charge in [0.25, 0.3) is 0 Å². The van der Waals surface area contributed by atoms with Gasteiger partial charge in [-0.1, -0.05) is 6.07 Å². The van der Waals surface area contributed by atoms with Gasteiger partial charge < -0.3 is 20.4 Å². The lowest BCUT2D eigenvalue weighted by molar-refractivity contribution is -0.127. The van der Waals surface area contributed by atoms with Crippen molar-refractivity contribution in [3.8, 4) is 0 Å². The maximum absolute atomic E-state index is 13.4. The van der Waals surface area contributed by atoms with Gasteiger partial charge in [0, 0.05) is 46.0 Å². The Morgan fingerprint density at radius 2 is 2.25 bits per heavy atom. The third-order valence-corrected chi connectivity index (χ3v) is 4.07. The molecule has 1 aliphatic heterocycles. The SMILES string of the molecule is CN=C(NCC(=O)N(C)C)NC1CCCN(c2cccc(F)c2)C1. The first-order valence-electron chi connectivity index (χ1n) is 8.17. The highest BCUT2D eigenvalue weighted by atomic mass is 19.1.